The SMILES string of the molecule is CC(O)CNc1cccc(N=Nc2ccc(C(=O)O)cc2C(=O)O)c1. The van der Waals surface area contributed by atoms with E-state index >= 15 is 0 Å². The molecule has 4 N–H and O–H groups in total. The minimum absolute atomic E-state index is 0.0554. The summed E-state index contributed by atoms with van der Waals surface area (Å²) in [4.78, 5) is 22.2. The first-order chi connectivity index (χ1) is 11.9. The van der Waals surface area contributed by atoms with Crippen LogP contribution in [-0.4, -0.2) is 39.9 Å². The van der Waals surface area contributed by atoms with Gasteiger partial charge < -0.3 is 20.6 Å². The van der Waals surface area contributed by atoms with Crippen molar-refractivity contribution in [2.24, 2.45) is 10.2 Å². The Balaban J connectivity index is 2.25. The molecule has 0 heterocycles. The van der Waals surface area contributed by atoms with Crippen molar-refractivity contribution in [2.75, 3.05) is 11.9 Å². The minimum Gasteiger partial charge on any atom is -0.478 e. The van der Waals surface area contributed by atoms with Crippen molar-refractivity contribution in [1.82, 2.24) is 0 Å². The molecule has 2 aromatic rings. The van der Waals surface area contributed by atoms with Gasteiger partial charge in [-0.25, -0.2) is 9.59 Å². The molecule has 0 aliphatic rings. The van der Waals surface area contributed by atoms with Gasteiger partial charge in [0.1, 0.15) is 5.69 Å². The molecule has 130 valence electrons. The molecule has 0 spiro atoms. The smallest absolute Gasteiger partial charge is 0.337 e. The van der Waals surface area contributed by atoms with Gasteiger partial charge >= 0.3 is 11.9 Å². The van der Waals surface area contributed by atoms with Crippen molar-refractivity contribution in [3.05, 3.63) is 53.6 Å². The lowest BCUT2D eigenvalue weighted by Crippen LogP contribution is -2.15. The van der Waals surface area contributed by atoms with Crippen LogP contribution in [0.2, 0.25) is 0 Å². The highest BCUT2D eigenvalue weighted by molar-refractivity contribution is 5.97. The summed E-state index contributed by atoms with van der Waals surface area (Å²) in [5, 5.41) is 38.3. The van der Waals surface area contributed by atoms with E-state index in [9.17, 15) is 19.8 Å². The number of nitrogens with one attached hydrogen (secondary N) is 1. The minimum atomic E-state index is -1.29. The number of azo groups is 1. The van der Waals surface area contributed by atoms with Gasteiger partial charge in [0.25, 0.3) is 0 Å². The lowest BCUT2D eigenvalue weighted by atomic mass is 10.1. The predicted molar refractivity (Wildman–Crippen MR) is 91.1 cm³/mol. The Morgan fingerprint density at radius 2 is 1.84 bits per heavy atom. The number of aromatic carboxylic acids is 2. The molecule has 0 amide bonds. The van der Waals surface area contributed by atoms with Crippen LogP contribution in [0.4, 0.5) is 17.1 Å². The molecule has 0 aliphatic carbocycles. The number of rotatable bonds is 7. The Kier molecular flexibility index (Phi) is 5.80. The van der Waals surface area contributed by atoms with Crippen LogP contribution >= 0.6 is 0 Å². The number of anilines is 1. The molecule has 0 aromatic heterocycles. The normalized spacial score (nSPS) is 12.1. The van der Waals surface area contributed by atoms with Gasteiger partial charge in [0.2, 0.25) is 0 Å². The summed E-state index contributed by atoms with van der Waals surface area (Å²) in [5.41, 5.74) is 0.888. The highest BCUT2D eigenvalue weighted by Crippen LogP contribution is 2.25. The Labute approximate surface area is 143 Å². The van der Waals surface area contributed by atoms with Crippen molar-refractivity contribution in [3.8, 4) is 0 Å². The molecule has 1 unspecified atom stereocenters. The van der Waals surface area contributed by atoms with Crippen LogP contribution in [0.5, 0.6) is 0 Å². The fraction of sp³-hybridized carbons (Fsp3) is 0.176. The van der Waals surface area contributed by atoms with Crippen LogP contribution in [0.25, 0.3) is 0 Å². The summed E-state index contributed by atoms with van der Waals surface area (Å²) >= 11 is 0. The molecule has 0 saturated carbocycles. The third-order valence-corrected chi connectivity index (χ3v) is 3.19. The highest BCUT2D eigenvalue weighted by Gasteiger charge is 2.13. The van der Waals surface area contributed by atoms with Gasteiger partial charge in [0, 0.05) is 12.2 Å². The summed E-state index contributed by atoms with van der Waals surface area (Å²) in [6.07, 6.45) is -0.504. The first-order valence-electron chi connectivity index (χ1n) is 7.41. The van der Waals surface area contributed by atoms with E-state index in [0.717, 1.165) is 11.8 Å². The molecule has 1 atom stereocenters. The van der Waals surface area contributed by atoms with E-state index < -0.39 is 18.0 Å². The number of carboxylic acids is 2. The van der Waals surface area contributed by atoms with E-state index in [-0.39, 0.29) is 16.8 Å². The second-order valence-electron chi connectivity index (χ2n) is 5.32. The molecule has 8 nitrogen and oxygen atoms in total. The maximum absolute atomic E-state index is 11.3. The number of carboxylic acid groups (broad SMARTS) is 2. The first-order valence-corrected chi connectivity index (χ1v) is 7.41. The zero-order chi connectivity index (χ0) is 18.4. The molecule has 25 heavy (non-hydrogen) atoms. The van der Waals surface area contributed by atoms with E-state index in [1.165, 1.54) is 12.1 Å². The molecule has 8 heteroatoms. The maximum Gasteiger partial charge on any atom is 0.337 e. The maximum atomic E-state index is 11.3. The molecule has 0 aliphatic heterocycles. The zero-order valence-electron chi connectivity index (χ0n) is 13.4. The predicted octanol–water partition coefficient (Wildman–Crippen LogP) is 3.29. The van der Waals surface area contributed by atoms with Gasteiger partial charge in [-0.05, 0) is 43.3 Å². The summed E-state index contributed by atoms with van der Waals surface area (Å²) in [5.74, 6) is -2.51. The van der Waals surface area contributed by atoms with Gasteiger partial charge in [-0.15, -0.1) is 5.11 Å². The van der Waals surface area contributed by atoms with E-state index in [4.69, 9.17) is 5.11 Å². The van der Waals surface area contributed by atoms with Crippen molar-refractivity contribution < 1.29 is 24.9 Å². The number of hydrogen-bond acceptors (Lipinski definition) is 6. The summed E-state index contributed by atoms with van der Waals surface area (Å²) in [6, 6.07) is 10.5. The second-order valence-corrected chi connectivity index (χ2v) is 5.32. The number of nitrogens with zero attached hydrogens (tertiary/aromatic N) is 2. The zero-order valence-corrected chi connectivity index (χ0v) is 13.4. The molecule has 0 saturated heterocycles. The topological polar surface area (TPSA) is 132 Å². The number of aliphatic hydroxyl groups excluding tert-OH is 1. The van der Waals surface area contributed by atoms with Gasteiger partial charge in [0.15, 0.2) is 0 Å². The molecule has 0 fully saturated rings. The van der Waals surface area contributed by atoms with Crippen LogP contribution in [0.1, 0.15) is 27.6 Å². The van der Waals surface area contributed by atoms with Crippen LogP contribution in [0.15, 0.2) is 52.7 Å². The largest absolute Gasteiger partial charge is 0.478 e. The Morgan fingerprint density at radius 1 is 1.08 bits per heavy atom. The van der Waals surface area contributed by atoms with E-state index in [1.807, 2.05) is 0 Å². The van der Waals surface area contributed by atoms with Crippen LogP contribution in [0, 0.1) is 0 Å². The van der Waals surface area contributed by atoms with Crippen molar-refractivity contribution in [2.45, 2.75) is 13.0 Å². The summed E-state index contributed by atoms with van der Waals surface area (Å²) in [6.45, 7) is 2.03. The lowest BCUT2D eigenvalue weighted by molar-refractivity contribution is 0.0696. The van der Waals surface area contributed by atoms with E-state index in [0.29, 0.717) is 12.2 Å². The Morgan fingerprint density at radius 3 is 2.48 bits per heavy atom. The standard InChI is InChI=1S/C17H17N3O5/c1-10(21)9-18-12-3-2-4-13(8-12)19-20-15-6-5-11(16(22)23)7-14(15)17(24)25/h2-8,10,18,21H,9H2,1H3,(H,22,23)(H,24,25). The number of aliphatic hydroxyl groups is 1. The van der Waals surface area contributed by atoms with Gasteiger partial charge in [-0.1, -0.05) is 6.07 Å². The molecule has 2 aromatic carbocycles. The number of benzene rings is 2. The van der Waals surface area contributed by atoms with Gasteiger partial charge in [0.05, 0.1) is 22.9 Å². The van der Waals surface area contributed by atoms with E-state index in [1.54, 1.807) is 31.2 Å². The third-order valence-electron chi connectivity index (χ3n) is 3.19. The second kappa shape index (κ2) is 8.02. The fourth-order valence-corrected chi connectivity index (χ4v) is 1.98. The van der Waals surface area contributed by atoms with Crippen molar-refractivity contribution in [3.63, 3.8) is 0 Å². The monoisotopic (exact) mass is 343 g/mol. The van der Waals surface area contributed by atoms with Gasteiger partial charge in [-0.2, -0.15) is 5.11 Å². The van der Waals surface area contributed by atoms with Crippen LogP contribution < -0.4 is 5.32 Å². The van der Waals surface area contributed by atoms with E-state index in [2.05, 4.69) is 15.5 Å². The molecule has 2 rings (SSSR count). The summed E-state index contributed by atoms with van der Waals surface area (Å²) < 4.78 is 0. The molecule has 0 bridgehead atoms. The summed E-state index contributed by atoms with van der Waals surface area (Å²) in [7, 11) is 0. The van der Waals surface area contributed by atoms with Gasteiger partial charge in [-0.3, -0.25) is 0 Å². The molecule has 0 radical (unpaired) electrons. The van der Waals surface area contributed by atoms with Crippen LogP contribution in [0.3, 0.4) is 0 Å². The fourth-order valence-electron chi connectivity index (χ4n) is 1.98. The quantitative estimate of drug-likeness (QED) is 0.570. The number of carbonyl (C=O) groups is 2. The Hall–Kier alpha value is -3.26. The first kappa shape index (κ1) is 18.1. The van der Waals surface area contributed by atoms with Crippen molar-refractivity contribution >= 4 is 29.0 Å². The average Bonchev–Trinajstić information content (AvgIpc) is 2.58. The van der Waals surface area contributed by atoms with Crippen molar-refractivity contribution in [1.29, 1.82) is 0 Å². The number of hydrogen-bond donors (Lipinski definition) is 4. The van der Waals surface area contributed by atoms with Crippen LogP contribution in [-0.2, 0) is 0 Å². The average molecular weight is 343 g/mol. The Bertz CT molecular complexity index is 818. The molecular weight excluding hydrogens is 326 g/mol. The molecular formula is C17H17N3O5. The lowest BCUT2D eigenvalue weighted by Gasteiger charge is -2.08. The third kappa shape index (κ3) is 5.11. The highest BCUT2D eigenvalue weighted by atomic mass is 16.4.